The van der Waals surface area contributed by atoms with Gasteiger partial charge in [-0.1, -0.05) is 54.6 Å². The molecule has 0 fully saturated rings. The summed E-state index contributed by atoms with van der Waals surface area (Å²) in [5.41, 5.74) is 4.88. The largest absolute Gasteiger partial charge is 0.345 e. The van der Waals surface area contributed by atoms with Gasteiger partial charge < -0.3 is 5.32 Å². The van der Waals surface area contributed by atoms with E-state index in [1.165, 1.54) is 22.7 Å². The van der Waals surface area contributed by atoms with Crippen molar-refractivity contribution < 1.29 is 4.79 Å². The Morgan fingerprint density at radius 3 is 2.30 bits per heavy atom. The predicted octanol–water partition coefficient (Wildman–Crippen LogP) is 4.61. The molecule has 1 heterocycles. The number of nitrogens with zero attached hydrogens (tertiary/aromatic N) is 1. The molecule has 3 aromatic rings. The van der Waals surface area contributed by atoms with Crippen LogP contribution in [-0.2, 0) is 0 Å². The molecule has 4 heteroatoms. The fourth-order valence-corrected chi connectivity index (χ4v) is 3.16. The third-order valence-corrected chi connectivity index (χ3v) is 4.58. The average Bonchev–Trinajstić information content (AvgIpc) is 3.02. The van der Waals surface area contributed by atoms with Gasteiger partial charge in [0.05, 0.1) is 17.3 Å². The van der Waals surface area contributed by atoms with Gasteiger partial charge in [-0.25, -0.2) is 0 Å². The second kappa shape index (κ2) is 6.75. The number of aryl methyl sites for hydroxylation is 1. The molecule has 2 aromatic carbocycles. The molecule has 116 valence electrons. The molecular formula is C19H18N2OS. The van der Waals surface area contributed by atoms with Crippen molar-refractivity contribution in [1.29, 1.82) is 0 Å². The first-order valence-electron chi connectivity index (χ1n) is 7.52. The van der Waals surface area contributed by atoms with Crippen LogP contribution in [0, 0.1) is 6.92 Å². The van der Waals surface area contributed by atoms with Crippen LogP contribution in [0.5, 0.6) is 0 Å². The number of hydrogen-bond acceptors (Lipinski definition) is 3. The Kier molecular flexibility index (Phi) is 4.53. The van der Waals surface area contributed by atoms with Crippen molar-refractivity contribution in [3.63, 3.8) is 0 Å². The van der Waals surface area contributed by atoms with Crippen LogP contribution in [0.25, 0.3) is 11.1 Å². The number of amides is 1. The SMILES string of the molecule is Cc1nscc1C(=O)N[C@@H](C)c1ccc(-c2ccccc2)cc1. The van der Waals surface area contributed by atoms with E-state index in [4.69, 9.17) is 0 Å². The molecule has 0 aliphatic heterocycles. The van der Waals surface area contributed by atoms with Gasteiger partial charge in [0, 0.05) is 5.38 Å². The first-order valence-corrected chi connectivity index (χ1v) is 8.36. The standard InChI is InChI=1S/C19H18N2OS/c1-13(20-19(22)18-12-23-21-14(18)2)15-8-10-17(11-9-15)16-6-4-3-5-7-16/h3-13H,1-2H3,(H,20,22)/t13-/m0/s1. The van der Waals surface area contributed by atoms with Crippen LogP contribution >= 0.6 is 11.5 Å². The Hall–Kier alpha value is -2.46. The lowest BCUT2D eigenvalue weighted by Crippen LogP contribution is -2.26. The summed E-state index contributed by atoms with van der Waals surface area (Å²) in [6.45, 7) is 3.84. The number of benzene rings is 2. The molecule has 3 rings (SSSR count). The van der Waals surface area contributed by atoms with E-state index in [1.807, 2.05) is 32.0 Å². The van der Waals surface area contributed by atoms with Gasteiger partial charge in [0.2, 0.25) is 0 Å². The summed E-state index contributed by atoms with van der Waals surface area (Å²) in [5, 5.41) is 4.81. The van der Waals surface area contributed by atoms with Crippen LogP contribution in [0.2, 0.25) is 0 Å². The van der Waals surface area contributed by atoms with Crippen LogP contribution in [0.1, 0.15) is 34.6 Å². The van der Waals surface area contributed by atoms with Crippen molar-refractivity contribution in [3.8, 4) is 11.1 Å². The molecule has 0 aliphatic carbocycles. The number of carbonyl (C=O) groups is 1. The normalized spacial score (nSPS) is 11.9. The zero-order valence-corrected chi connectivity index (χ0v) is 13.9. The van der Waals surface area contributed by atoms with Crippen LogP contribution in [-0.4, -0.2) is 10.3 Å². The lowest BCUT2D eigenvalue weighted by Gasteiger charge is -2.14. The molecule has 0 saturated heterocycles. The van der Waals surface area contributed by atoms with E-state index in [1.54, 1.807) is 5.38 Å². The number of hydrogen-bond donors (Lipinski definition) is 1. The predicted molar refractivity (Wildman–Crippen MR) is 94.6 cm³/mol. The highest BCUT2D eigenvalue weighted by molar-refractivity contribution is 7.03. The summed E-state index contributed by atoms with van der Waals surface area (Å²) < 4.78 is 4.14. The van der Waals surface area contributed by atoms with Crippen molar-refractivity contribution in [2.24, 2.45) is 0 Å². The summed E-state index contributed by atoms with van der Waals surface area (Å²) >= 11 is 1.31. The van der Waals surface area contributed by atoms with Gasteiger partial charge in [-0.2, -0.15) is 4.37 Å². The lowest BCUT2D eigenvalue weighted by atomic mass is 10.0. The third-order valence-electron chi connectivity index (χ3n) is 3.86. The summed E-state index contributed by atoms with van der Waals surface area (Å²) in [7, 11) is 0. The minimum atomic E-state index is -0.0733. The Bertz CT molecular complexity index is 794. The fourth-order valence-electron chi connectivity index (χ4n) is 2.46. The van der Waals surface area contributed by atoms with Crippen molar-refractivity contribution >= 4 is 17.4 Å². The third kappa shape index (κ3) is 3.48. The fraction of sp³-hybridized carbons (Fsp3) is 0.158. The highest BCUT2D eigenvalue weighted by Gasteiger charge is 2.14. The van der Waals surface area contributed by atoms with Gasteiger partial charge in [-0.05, 0) is 42.1 Å². The minimum Gasteiger partial charge on any atom is -0.345 e. The molecule has 0 bridgehead atoms. The highest BCUT2D eigenvalue weighted by atomic mass is 32.1. The maximum atomic E-state index is 12.3. The molecule has 3 nitrogen and oxygen atoms in total. The molecule has 1 aromatic heterocycles. The molecule has 0 aliphatic rings. The molecule has 1 N–H and O–H groups in total. The molecular weight excluding hydrogens is 304 g/mol. The van der Waals surface area contributed by atoms with E-state index in [0.717, 1.165) is 11.3 Å². The average molecular weight is 322 g/mol. The molecule has 1 amide bonds. The zero-order chi connectivity index (χ0) is 16.2. The van der Waals surface area contributed by atoms with E-state index < -0.39 is 0 Å². The molecule has 0 radical (unpaired) electrons. The van der Waals surface area contributed by atoms with Crippen LogP contribution < -0.4 is 5.32 Å². The number of aromatic nitrogens is 1. The van der Waals surface area contributed by atoms with Crippen LogP contribution in [0.4, 0.5) is 0 Å². The zero-order valence-electron chi connectivity index (χ0n) is 13.1. The molecule has 1 atom stereocenters. The Labute approximate surface area is 140 Å². The monoisotopic (exact) mass is 322 g/mol. The van der Waals surface area contributed by atoms with E-state index in [-0.39, 0.29) is 11.9 Å². The van der Waals surface area contributed by atoms with Gasteiger partial charge in [0.15, 0.2) is 0 Å². The topological polar surface area (TPSA) is 42.0 Å². The van der Waals surface area contributed by atoms with Crippen molar-refractivity contribution in [1.82, 2.24) is 9.69 Å². The van der Waals surface area contributed by atoms with Gasteiger partial charge in [-0.3, -0.25) is 4.79 Å². The van der Waals surface area contributed by atoms with Gasteiger partial charge in [0.25, 0.3) is 5.91 Å². The first kappa shape index (κ1) is 15.4. The smallest absolute Gasteiger partial charge is 0.254 e. The van der Waals surface area contributed by atoms with Crippen LogP contribution in [0.3, 0.4) is 0 Å². The van der Waals surface area contributed by atoms with Crippen LogP contribution in [0.15, 0.2) is 60.0 Å². The van der Waals surface area contributed by atoms with Crippen molar-refractivity contribution in [2.45, 2.75) is 19.9 Å². The molecule has 0 unspecified atom stereocenters. The highest BCUT2D eigenvalue weighted by Crippen LogP contribution is 2.22. The second-order valence-corrected chi connectivity index (χ2v) is 6.13. The second-order valence-electron chi connectivity index (χ2n) is 5.50. The van der Waals surface area contributed by atoms with E-state index in [9.17, 15) is 4.79 Å². The summed E-state index contributed by atoms with van der Waals surface area (Å²) in [4.78, 5) is 12.3. The van der Waals surface area contributed by atoms with E-state index in [0.29, 0.717) is 5.56 Å². The lowest BCUT2D eigenvalue weighted by molar-refractivity contribution is 0.0939. The summed E-state index contributed by atoms with van der Waals surface area (Å²) in [6, 6.07) is 18.5. The quantitative estimate of drug-likeness (QED) is 0.762. The first-order chi connectivity index (χ1) is 11.1. The number of rotatable bonds is 4. The number of carbonyl (C=O) groups excluding carboxylic acids is 1. The Morgan fingerprint density at radius 1 is 1.04 bits per heavy atom. The molecule has 0 saturated carbocycles. The maximum Gasteiger partial charge on any atom is 0.254 e. The van der Waals surface area contributed by atoms with E-state index in [2.05, 4.69) is 46.1 Å². The maximum absolute atomic E-state index is 12.3. The van der Waals surface area contributed by atoms with Gasteiger partial charge >= 0.3 is 0 Å². The summed E-state index contributed by atoms with van der Waals surface area (Å²) in [6.07, 6.45) is 0. The van der Waals surface area contributed by atoms with Crippen molar-refractivity contribution in [3.05, 3.63) is 76.8 Å². The van der Waals surface area contributed by atoms with Gasteiger partial charge in [0.1, 0.15) is 0 Å². The number of nitrogens with one attached hydrogen (secondary N) is 1. The van der Waals surface area contributed by atoms with E-state index >= 15 is 0 Å². The summed E-state index contributed by atoms with van der Waals surface area (Å²) in [5.74, 6) is -0.0733. The Morgan fingerprint density at radius 2 is 1.70 bits per heavy atom. The molecule has 0 spiro atoms. The Balaban J connectivity index is 1.72. The van der Waals surface area contributed by atoms with Crippen molar-refractivity contribution in [2.75, 3.05) is 0 Å². The minimum absolute atomic E-state index is 0.0494. The van der Waals surface area contributed by atoms with Gasteiger partial charge in [-0.15, -0.1) is 0 Å². The molecule has 23 heavy (non-hydrogen) atoms.